The van der Waals surface area contributed by atoms with E-state index in [0.29, 0.717) is 11.2 Å². The number of aromatic nitrogens is 2. The smallest absolute Gasteiger partial charge is 0.292 e. The van der Waals surface area contributed by atoms with E-state index in [4.69, 9.17) is 0 Å². The highest BCUT2D eigenvalue weighted by Crippen LogP contribution is 2.19. The predicted molar refractivity (Wildman–Crippen MR) is 109 cm³/mol. The second-order valence-electron chi connectivity index (χ2n) is 6.50. The molecule has 2 heterocycles. The van der Waals surface area contributed by atoms with Crippen molar-refractivity contribution in [1.29, 1.82) is 0 Å². The number of imidazole rings is 1. The van der Waals surface area contributed by atoms with Crippen molar-refractivity contribution in [2.45, 2.75) is 6.92 Å². The molecule has 29 heavy (non-hydrogen) atoms. The van der Waals surface area contributed by atoms with Crippen LogP contribution in [0.2, 0.25) is 0 Å². The summed E-state index contributed by atoms with van der Waals surface area (Å²) in [6.45, 7) is 1.92. The van der Waals surface area contributed by atoms with Crippen LogP contribution >= 0.6 is 0 Å². The molecule has 0 fully saturated rings. The molecular weight excluding hydrogens is 371 g/mol. The number of carbonyl (C=O) groups is 2. The van der Waals surface area contributed by atoms with Gasteiger partial charge in [0.1, 0.15) is 5.82 Å². The highest BCUT2D eigenvalue weighted by molar-refractivity contribution is 6.10. The van der Waals surface area contributed by atoms with E-state index in [1.807, 2.05) is 25.1 Å². The van der Waals surface area contributed by atoms with Crippen LogP contribution in [0.4, 0.5) is 15.8 Å². The predicted octanol–water partition coefficient (Wildman–Crippen LogP) is 4.29. The molecule has 0 atom stereocenters. The maximum absolute atomic E-state index is 13.9. The summed E-state index contributed by atoms with van der Waals surface area (Å²) in [5.41, 5.74) is 2.24. The molecule has 0 spiro atoms. The molecule has 0 saturated heterocycles. The Morgan fingerprint density at radius 3 is 2.52 bits per heavy atom. The van der Waals surface area contributed by atoms with Gasteiger partial charge in [0.15, 0.2) is 5.69 Å². The lowest BCUT2D eigenvalue weighted by Gasteiger charge is -2.05. The number of pyridine rings is 1. The van der Waals surface area contributed by atoms with Crippen LogP contribution in [0, 0.1) is 12.7 Å². The number of hydrogen-bond donors (Lipinski definition) is 2. The van der Waals surface area contributed by atoms with Gasteiger partial charge in [0.2, 0.25) is 5.82 Å². The molecule has 4 rings (SSSR count). The van der Waals surface area contributed by atoms with E-state index in [1.54, 1.807) is 36.5 Å². The van der Waals surface area contributed by atoms with E-state index in [0.717, 1.165) is 5.56 Å². The monoisotopic (exact) mass is 388 g/mol. The second kappa shape index (κ2) is 7.55. The molecule has 0 saturated carbocycles. The highest BCUT2D eigenvalue weighted by atomic mass is 19.1. The number of amides is 2. The molecule has 7 heteroatoms. The Bertz CT molecular complexity index is 1230. The maximum atomic E-state index is 13.9. The van der Waals surface area contributed by atoms with Crippen molar-refractivity contribution in [2.24, 2.45) is 0 Å². The lowest BCUT2D eigenvalue weighted by Crippen LogP contribution is -2.17. The van der Waals surface area contributed by atoms with Gasteiger partial charge in [-0.3, -0.25) is 14.0 Å². The summed E-state index contributed by atoms with van der Waals surface area (Å²) >= 11 is 0. The molecular formula is C22H17FN4O2. The Labute approximate surface area is 166 Å². The molecule has 4 aromatic rings. The summed E-state index contributed by atoms with van der Waals surface area (Å²) in [5.74, 6) is -1.63. The number of rotatable bonds is 4. The number of fused-ring (bicyclic) bond motifs is 1. The minimum absolute atomic E-state index is 0.0155. The van der Waals surface area contributed by atoms with Gasteiger partial charge < -0.3 is 10.6 Å². The zero-order valence-electron chi connectivity index (χ0n) is 15.5. The first-order chi connectivity index (χ1) is 14.0. The fraction of sp³-hybridized carbons (Fsp3) is 0.0455. The van der Waals surface area contributed by atoms with Crippen molar-refractivity contribution in [3.05, 3.63) is 95.8 Å². The summed E-state index contributed by atoms with van der Waals surface area (Å²) in [6.07, 6.45) is 1.63. The maximum Gasteiger partial charge on any atom is 0.292 e. The Morgan fingerprint density at radius 2 is 1.72 bits per heavy atom. The highest BCUT2D eigenvalue weighted by Gasteiger charge is 2.22. The SMILES string of the molecule is Cc1cccc(NC(=O)c2nc(C(=O)Nc3ccccc3F)n3ccccc23)c1. The zero-order valence-corrected chi connectivity index (χ0v) is 15.5. The second-order valence-corrected chi connectivity index (χ2v) is 6.50. The van der Waals surface area contributed by atoms with Crippen LogP contribution in [0.15, 0.2) is 72.9 Å². The van der Waals surface area contributed by atoms with E-state index in [1.165, 1.54) is 22.6 Å². The van der Waals surface area contributed by atoms with Gasteiger partial charge in [0.25, 0.3) is 11.8 Å². The fourth-order valence-electron chi connectivity index (χ4n) is 3.02. The van der Waals surface area contributed by atoms with E-state index in [9.17, 15) is 14.0 Å². The van der Waals surface area contributed by atoms with Gasteiger partial charge in [-0.05, 0) is 48.9 Å². The number of para-hydroxylation sites is 1. The van der Waals surface area contributed by atoms with Gasteiger partial charge in [-0.1, -0.05) is 30.3 Å². The summed E-state index contributed by atoms with van der Waals surface area (Å²) in [5, 5.41) is 5.29. The van der Waals surface area contributed by atoms with Gasteiger partial charge in [0.05, 0.1) is 11.2 Å². The molecule has 0 aliphatic carbocycles. The number of nitrogens with zero attached hydrogens (tertiary/aromatic N) is 2. The first-order valence-corrected chi connectivity index (χ1v) is 8.94. The average molecular weight is 388 g/mol. The Hall–Kier alpha value is -4.00. The van der Waals surface area contributed by atoms with Gasteiger partial charge >= 0.3 is 0 Å². The van der Waals surface area contributed by atoms with Crippen LogP contribution in [0.1, 0.15) is 26.7 Å². The Morgan fingerprint density at radius 1 is 0.931 bits per heavy atom. The molecule has 2 aromatic carbocycles. The minimum atomic E-state index is -0.620. The topological polar surface area (TPSA) is 75.5 Å². The molecule has 2 N–H and O–H groups in total. The molecule has 6 nitrogen and oxygen atoms in total. The molecule has 2 amide bonds. The van der Waals surface area contributed by atoms with E-state index in [-0.39, 0.29) is 17.2 Å². The van der Waals surface area contributed by atoms with Crippen LogP contribution in [-0.2, 0) is 0 Å². The summed E-state index contributed by atoms with van der Waals surface area (Å²) in [7, 11) is 0. The van der Waals surface area contributed by atoms with Crippen LogP contribution < -0.4 is 10.6 Å². The lowest BCUT2D eigenvalue weighted by atomic mass is 10.2. The van der Waals surface area contributed by atoms with Crippen LogP contribution in [-0.4, -0.2) is 21.2 Å². The molecule has 0 bridgehead atoms. The quantitative estimate of drug-likeness (QED) is 0.548. The summed E-state index contributed by atoms with van der Waals surface area (Å²) in [4.78, 5) is 29.8. The van der Waals surface area contributed by atoms with Crippen molar-refractivity contribution in [3.8, 4) is 0 Å². The Kier molecular flexibility index (Phi) is 4.78. The average Bonchev–Trinajstić information content (AvgIpc) is 3.10. The van der Waals surface area contributed by atoms with Gasteiger partial charge in [-0.25, -0.2) is 9.37 Å². The number of aryl methyl sites for hydroxylation is 1. The number of hydrogen-bond acceptors (Lipinski definition) is 3. The van der Waals surface area contributed by atoms with Crippen LogP contribution in [0.25, 0.3) is 5.52 Å². The first-order valence-electron chi connectivity index (χ1n) is 8.94. The van der Waals surface area contributed by atoms with Gasteiger partial charge in [-0.15, -0.1) is 0 Å². The van der Waals surface area contributed by atoms with Crippen molar-refractivity contribution >= 4 is 28.7 Å². The van der Waals surface area contributed by atoms with Gasteiger partial charge in [0, 0.05) is 11.9 Å². The van der Waals surface area contributed by atoms with Crippen LogP contribution in [0.3, 0.4) is 0 Å². The first kappa shape index (κ1) is 18.4. The van der Waals surface area contributed by atoms with Crippen molar-refractivity contribution in [2.75, 3.05) is 10.6 Å². The largest absolute Gasteiger partial charge is 0.321 e. The van der Waals surface area contributed by atoms with Crippen LogP contribution in [0.5, 0.6) is 0 Å². The molecule has 144 valence electrons. The van der Waals surface area contributed by atoms with Crippen molar-refractivity contribution in [1.82, 2.24) is 9.38 Å². The minimum Gasteiger partial charge on any atom is -0.321 e. The molecule has 0 aliphatic heterocycles. The van der Waals surface area contributed by atoms with E-state index >= 15 is 0 Å². The zero-order chi connectivity index (χ0) is 20.4. The molecule has 0 aliphatic rings. The molecule has 0 radical (unpaired) electrons. The number of anilines is 2. The number of carbonyl (C=O) groups excluding carboxylic acids is 2. The third-order valence-corrected chi connectivity index (χ3v) is 4.36. The third-order valence-electron chi connectivity index (χ3n) is 4.36. The molecule has 0 unspecified atom stereocenters. The van der Waals surface area contributed by atoms with E-state index in [2.05, 4.69) is 15.6 Å². The third kappa shape index (κ3) is 3.70. The number of halogens is 1. The van der Waals surface area contributed by atoms with Crippen molar-refractivity contribution in [3.63, 3.8) is 0 Å². The fourth-order valence-corrected chi connectivity index (χ4v) is 3.02. The molecule has 2 aromatic heterocycles. The summed E-state index contributed by atoms with van der Waals surface area (Å²) < 4.78 is 15.4. The standard InChI is InChI=1S/C22H17FN4O2/c1-14-7-6-8-15(13-14)24-21(28)19-18-11-4-5-12-27(18)20(26-19)22(29)25-17-10-3-2-9-16(17)23/h2-13H,1H3,(H,24,28)(H,25,29). The van der Waals surface area contributed by atoms with E-state index < -0.39 is 17.6 Å². The summed E-state index contributed by atoms with van der Waals surface area (Å²) in [6, 6.07) is 18.4. The normalized spacial score (nSPS) is 10.7. The van der Waals surface area contributed by atoms with Crippen molar-refractivity contribution < 1.29 is 14.0 Å². The number of benzene rings is 2. The number of nitrogens with one attached hydrogen (secondary N) is 2. The lowest BCUT2D eigenvalue weighted by molar-refractivity contribution is 0.101. The van der Waals surface area contributed by atoms with Gasteiger partial charge in [-0.2, -0.15) is 0 Å². The Balaban J connectivity index is 1.69.